The zero-order valence-electron chi connectivity index (χ0n) is 15.2. The number of nitrogens with two attached hydrogens (primary N) is 1. The molecule has 1 heterocycles. The minimum atomic E-state index is -0.120. The standard InChI is InChI=1S/C21H25ClN2O2.ClH/c22-18-6-3-5-17(14-18)21(10-12-26-13-11-21)15-24-20(25)9-8-16-4-1-2-7-19(16)23;/h1-7,14H,8-13,15,23H2,(H,24,25);1H. The maximum atomic E-state index is 12.4. The Morgan fingerprint density at radius 3 is 2.59 bits per heavy atom. The molecule has 1 amide bonds. The first-order valence-corrected chi connectivity index (χ1v) is 9.41. The van der Waals surface area contributed by atoms with Crippen LogP contribution in [0.2, 0.25) is 5.02 Å². The van der Waals surface area contributed by atoms with Gasteiger partial charge in [0, 0.05) is 42.3 Å². The van der Waals surface area contributed by atoms with E-state index in [1.165, 1.54) is 5.56 Å². The summed E-state index contributed by atoms with van der Waals surface area (Å²) in [4.78, 5) is 12.4. The number of hydrogen-bond donors (Lipinski definition) is 2. The molecule has 1 saturated heterocycles. The van der Waals surface area contributed by atoms with Gasteiger partial charge in [-0.25, -0.2) is 0 Å². The van der Waals surface area contributed by atoms with Gasteiger partial charge in [0.15, 0.2) is 0 Å². The smallest absolute Gasteiger partial charge is 0.220 e. The molecule has 0 saturated carbocycles. The van der Waals surface area contributed by atoms with Gasteiger partial charge in [0.25, 0.3) is 0 Å². The third kappa shape index (κ3) is 5.61. The largest absolute Gasteiger partial charge is 0.399 e. The Hall–Kier alpha value is -1.75. The summed E-state index contributed by atoms with van der Waals surface area (Å²) in [5, 5.41) is 3.84. The van der Waals surface area contributed by atoms with Crippen LogP contribution in [0.3, 0.4) is 0 Å². The van der Waals surface area contributed by atoms with Crippen molar-refractivity contribution in [2.45, 2.75) is 31.1 Å². The van der Waals surface area contributed by atoms with Crippen LogP contribution in [0.15, 0.2) is 48.5 Å². The molecule has 1 aliphatic heterocycles. The number of carbonyl (C=O) groups excluding carboxylic acids is 1. The Bertz CT molecular complexity index is 761. The molecule has 2 aromatic rings. The van der Waals surface area contributed by atoms with Crippen molar-refractivity contribution in [3.8, 4) is 0 Å². The molecule has 6 heteroatoms. The van der Waals surface area contributed by atoms with Gasteiger partial charge in [0.2, 0.25) is 5.91 Å². The van der Waals surface area contributed by atoms with Crippen molar-refractivity contribution in [1.82, 2.24) is 5.32 Å². The first-order chi connectivity index (χ1) is 12.6. The molecule has 3 rings (SSSR count). The molecule has 0 radical (unpaired) electrons. The lowest BCUT2D eigenvalue weighted by molar-refractivity contribution is -0.121. The van der Waals surface area contributed by atoms with Crippen molar-refractivity contribution < 1.29 is 9.53 Å². The van der Waals surface area contributed by atoms with Crippen LogP contribution in [0.25, 0.3) is 0 Å². The van der Waals surface area contributed by atoms with Crippen LogP contribution < -0.4 is 11.1 Å². The molecule has 3 N–H and O–H groups in total. The van der Waals surface area contributed by atoms with Gasteiger partial charge in [-0.05, 0) is 48.6 Å². The van der Waals surface area contributed by atoms with E-state index in [1.807, 2.05) is 42.5 Å². The van der Waals surface area contributed by atoms with E-state index in [-0.39, 0.29) is 23.7 Å². The normalized spacial score (nSPS) is 15.6. The highest BCUT2D eigenvalue weighted by Gasteiger charge is 2.34. The third-order valence-corrected chi connectivity index (χ3v) is 5.42. The minimum Gasteiger partial charge on any atom is -0.399 e. The molecular formula is C21H26Cl2N2O2. The van der Waals surface area contributed by atoms with Crippen LogP contribution in [0.4, 0.5) is 5.69 Å². The monoisotopic (exact) mass is 408 g/mol. The van der Waals surface area contributed by atoms with Crippen LogP contribution >= 0.6 is 24.0 Å². The topological polar surface area (TPSA) is 64.4 Å². The fourth-order valence-corrected chi connectivity index (χ4v) is 3.70. The molecule has 2 aromatic carbocycles. The minimum absolute atomic E-state index is 0. The van der Waals surface area contributed by atoms with Gasteiger partial charge in [0.05, 0.1) is 0 Å². The predicted molar refractivity (Wildman–Crippen MR) is 113 cm³/mol. The van der Waals surface area contributed by atoms with Crippen LogP contribution in [0.1, 0.15) is 30.4 Å². The average molecular weight is 409 g/mol. The molecule has 4 nitrogen and oxygen atoms in total. The average Bonchev–Trinajstić information content (AvgIpc) is 2.66. The SMILES string of the molecule is Cl.Nc1ccccc1CCC(=O)NCC1(c2cccc(Cl)c2)CCOCC1. The van der Waals surface area contributed by atoms with Crippen molar-refractivity contribution in [2.75, 3.05) is 25.5 Å². The molecule has 0 aliphatic carbocycles. The number of aryl methyl sites for hydroxylation is 1. The van der Waals surface area contributed by atoms with Gasteiger partial charge < -0.3 is 15.8 Å². The second-order valence-electron chi connectivity index (χ2n) is 6.88. The highest BCUT2D eigenvalue weighted by Crippen LogP contribution is 2.35. The highest BCUT2D eigenvalue weighted by atomic mass is 35.5. The zero-order chi connectivity index (χ0) is 18.4. The van der Waals surface area contributed by atoms with Gasteiger partial charge in [-0.15, -0.1) is 12.4 Å². The summed E-state index contributed by atoms with van der Waals surface area (Å²) in [6.07, 6.45) is 2.82. The number of hydrogen-bond acceptors (Lipinski definition) is 3. The van der Waals surface area contributed by atoms with E-state index < -0.39 is 0 Å². The van der Waals surface area contributed by atoms with E-state index in [4.69, 9.17) is 22.1 Å². The number of nitrogens with one attached hydrogen (secondary N) is 1. The fraction of sp³-hybridized carbons (Fsp3) is 0.381. The van der Waals surface area contributed by atoms with Crippen molar-refractivity contribution in [1.29, 1.82) is 0 Å². The molecule has 0 spiro atoms. The molecule has 1 fully saturated rings. The number of anilines is 1. The molecule has 1 aliphatic rings. The summed E-state index contributed by atoms with van der Waals surface area (Å²) < 4.78 is 5.54. The van der Waals surface area contributed by atoms with Gasteiger partial charge in [-0.1, -0.05) is 41.9 Å². The fourth-order valence-electron chi connectivity index (χ4n) is 3.51. The van der Waals surface area contributed by atoms with Crippen LogP contribution in [0, 0.1) is 0 Å². The van der Waals surface area contributed by atoms with Crippen LogP contribution in [0.5, 0.6) is 0 Å². The Balaban J connectivity index is 0.00000261. The van der Waals surface area contributed by atoms with Crippen LogP contribution in [-0.2, 0) is 21.4 Å². The predicted octanol–water partition coefficient (Wildman–Crippen LogP) is 4.14. The first kappa shape index (κ1) is 21.5. The molecule has 0 unspecified atom stereocenters. The first-order valence-electron chi connectivity index (χ1n) is 9.03. The maximum absolute atomic E-state index is 12.4. The zero-order valence-corrected chi connectivity index (χ0v) is 16.8. The lowest BCUT2D eigenvalue weighted by Gasteiger charge is -2.38. The van der Waals surface area contributed by atoms with Gasteiger partial charge in [-0.3, -0.25) is 4.79 Å². The third-order valence-electron chi connectivity index (χ3n) is 5.19. The quantitative estimate of drug-likeness (QED) is 0.705. The van der Waals surface area contributed by atoms with Gasteiger partial charge in [0.1, 0.15) is 0 Å². The lowest BCUT2D eigenvalue weighted by atomic mass is 9.74. The number of ether oxygens (including phenoxy) is 1. The van der Waals surface area contributed by atoms with E-state index >= 15 is 0 Å². The molecule has 0 bridgehead atoms. The van der Waals surface area contributed by atoms with Gasteiger partial charge >= 0.3 is 0 Å². The summed E-state index contributed by atoms with van der Waals surface area (Å²) in [6, 6.07) is 15.6. The molecule has 0 atom stereocenters. The summed E-state index contributed by atoms with van der Waals surface area (Å²) in [5.74, 6) is 0.0427. The van der Waals surface area contributed by atoms with E-state index in [0.717, 1.165) is 29.1 Å². The van der Waals surface area contributed by atoms with E-state index in [0.29, 0.717) is 32.6 Å². The molecule has 27 heavy (non-hydrogen) atoms. The number of carbonyl (C=O) groups is 1. The highest BCUT2D eigenvalue weighted by molar-refractivity contribution is 6.30. The Kier molecular flexibility index (Phi) is 7.96. The molecule has 146 valence electrons. The summed E-state index contributed by atoms with van der Waals surface area (Å²) in [5.41, 5.74) is 8.75. The maximum Gasteiger partial charge on any atom is 0.220 e. The van der Waals surface area contributed by atoms with Crippen molar-refractivity contribution >= 4 is 35.6 Å². The molecule has 0 aromatic heterocycles. The van der Waals surface area contributed by atoms with E-state index in [9.17, 15) is 4.79 Å². The van der Waals surface area contributed by atoms with E-state index in [1.54, 1.807) is 0 Å². The van der Waals surface area contributed by atoms with Crippen molar-refractivity contribution in [3.63, 3.8) is 0 Å². The molecular weight excluding hydrogens is 383 g/mol. The Morgan fingerprint density at radius 2 is 1.89 bits per heavy atom. The van der Waals surface area contributed by atoms with E-state index in [2.05, 4.69) is 11.4 Å². The number of halogens is 2. The van der Waals surface area contributed by atoms with Crippen LogP contribution in [-0.4, -0.2) is 25.7 Å². The Morgan fingerprint density at radius 1 is 1.15 bits per heavy atom. The summed E-state index contributed by atoms with van der Waals surface area (Å²) in [7, 11) is 0. The number of amides is 1. The lowest BCUT2D eigenvalue weighted by Crippen LogP contribution is -2.44. The summed E-state index contributed by atoms with van der Waals surface area (Å²) in [6.45, 7) is 1.99. The Labute approximate surface area is 171 Å². The second-order valence-corrected chi connectivity index (χ2v) is 7.32. The number of benzene rings is 2. The number of nitrogen functional groups attached to an aromatic ring is 1. The number of rotatable bonds is 6. The van der Waals surface area contributed by atoms with Crippen molar-refractivity contribution in [3.05, 3.63) is 64.7 Å². The van der Waals surface area contributed by atoms with Gasteiger partial charge in [-0.2, -0.15) is 0 Å². The number of para-hydroxylation sites is 1. The second kappa shape index (κ2) is 9.98. The van der Waals surface area contributed by atoms with Crippen molar-refractivity contribution in [2.24, 2.45) is 0 Å². The summed E-state index contributed by atoms with van der Waals surface area (Å²) >= 11 is 6.19.